The van der Waals surface area contributed by atoms with E-state index in [0.717, 1.165) is 22.8 Å². The van der Waals surface area contributed by atoms with Crippen molar-refractivity contribution in [3.05, 3.63) is 28.8 Å². The molecule has 1 aromatic carbocycles. The average molecular weight is 253 g/mol. The van der Waals surface area contributed by atoms with Crippen molar-refractivity contribution in [1.29, 1.82) is 0 Å². The summed E-state index contributed by atoms with van der Waals surface area (Å²) in [6.45, 7) is 5.26. The van der Waals surface area contributed by atoms with E-state index in [-0.39, 0.29) is 0 Å². The van der Waals surface area contributed by atoms with Gasteiger partial charge in [0.05, 0.1) is 0 Å². The first-order valence-electron chi connectivity index (χ1n) is 6.41. The molecule has 1 fully saturated rings. The summed E-state index contributed by atoms with van der Waals surface area (Å²) < 4.78 is 0. The van der Waals surface area contributed by atoms with Crippen molar-refractivity contribution < 1.29 is 0 Å². The summed E-state index contributed by atoms with van der Waals surface area (Å²) in [5.74, 6) is 0. The molecular formula is C14H21ClN2. The molecule has 1 aliphatic rings. The molecule has 3 heteroatoms. The molecule has 94 valence electrons. The number of rotatable bonds is 3. The zero-order chi connectivity index (χ0) is 12.3. The number of anilines is 1. The summed E-state index contributed by atoms with van der Waals surface area (Å²) in [7, 11) is 0. The maximum Gasteiger partial charge on any atom is 0.0455 e. The van der Waals surface area contributed by atoms with Crippen molar-refractivity contribution in [2.75, 3.05) is 11.9 Å². The summed E-state index contributed by atoms with van der Waals surface area (Å²) in [5, 5.41) is 7.91. The van der Waals surface area contributed by atoms with Crippen molar-refractivity contribution in [2.45, 2.75) is 45.2 Å². The Morgan fingerprint density at radius 3 is 2.94 bits per heavy atom. The summed E-state index contributed by atoms with van der Waals surface area (Å²) in [5.41, 5.74) is 2.24. The van der Waals surface area contributed by atoms with Gasteiger partial charge in [-0.2, -0.15) is 0 Å². The van der Waals surface area contributed by atoms with Gasteiger partial charge in [-0.05, 0) is 44.4 Å². The normalized spacial score (nSPS) is 24.6. The lowest BCUT2D eigenvalue weighted by Gasteiger charge is -2.29. The fourth-order valence-corrected chi connectivity index (χ4v) is 2.52. The zero-order valence-electron chi connectivity index (χ0n) is 10.6. The molecule has 0 bridgehead atoms. The van der Waals surface area contributed by atoms with Gasteiger partial charge in [0, 0.05) is 29.3 Å². The summed E-state index contributed by atoms with van der Waals surface area (Å²) in [4.78, 5) is 0. The van der Waals surface area contributed by atoms with Crippen LogP contribution in [0, 0.1) is 6.92 Å². The molecule has 2 atom stereocenters. The Morgan fingerprint density at radius 2 is 2.24 bits per heavy atom. The van der Waals surface area contributed by atoms with Gasteiger partial charge in [0.1, 0.15) is 0 Å². The monoisotopic (exact) mass is 252 g/mol. The molecule has 0 spiro atoms. The van der Waals surface area contributed by atoms with Gasteiger partial charge in [-0.25, -0.2) is 0 Å². The standard InChI is InChI=1S/C14H21ClN2/c1-10-6-7-12(8-14(10)15)16-9-13-5-3-4-11(2)17-13/h6-8,11,13,16-17H,3-5,9H2,1-2H3. The minimum Gasteiger partial charge on any atom is -0.383 e. The maximum atomic E-state index is 6.10. The Kier molecular flexibility index (Phi) is 4.30. The molecular weight excluding hydrogens is 232 g/mol. The third kappa shape index (κ3) is 3.62. The largest absolute Gasteiger partial charge is 0.383 e. The Morgan fingerprint density at radius 1 is 1.41 bits per heavy atom. The Labute approximate surface area is 109 Å². The van der Waals surface area contributed by atoms with Crippen molar-refractivity contribution in [3.63, 3.8) is 0 Å². The number of hydrogen-bond acceptors (Lipinski definition) is 2. The number of aryl methyl sites for hydroxylation is 1. The number of nitrogens with one attached hydrogen (secondary N) is 2. The second kappa shape index (κ2) is 5.74. The van der Waals surface area contributed by atoms with Crippen LogP contribution >= 0.6 is 11.6 Å². The Balaban J connectivity index is 1.86. The average Bonchev–Trinajstić information content (AvgIpc) is 2.31. The molecule has 0 aliphatic carbocycles. The van der Waals surface area contributed by atoms with E-state index in [1.807, 2.05) is 13.0 Å². The predicted molar refractivity (Wildman–Crippen MR) is 74.9 cm³/mol. The lowest BCUT2D eigenvalue weighted by molar-refractivity contribution is 0.345. The first kappa shape index (κ1) is 12.7. The first-order chi connectivity index (χ1) is 8.15. The van der Waals surface area contributed by atoms with E-state index >= 15 is 0 Å². The second-order valence-corrected chi connectivity index (χ2v) is 5.45. The number of halogens is 1. The van der Waals surface area contributed by atoms with Gasteiger partial charge in [-0.15, -0.1) is 0 Å². The van der Waals surface area contributed by atoms with E-state index in [2.05, 4.69) is 29.7 Å². The molecule has 0 aromatic heterocycles. The fraction of sp³-hybridized carbons (Fsp3) is 0.571. The van der Waals surface area contributed by atoms with Crippen molar-refractivity contribution in [2.24, 2.45) is 0 Å². The summed E-state index contributed by atoms with van der Waals surface area (Å²) in [6.07, 6.45) is 3.89. The van der Waals surface area contributed by atoms with Gasteiger partial charge in [-0.3, -0.25) is 0 Å². The maximum absolute atomic E-state index is 6.10. The van der Waals surface area contributed by atoms with Gasteiger partial charge in [0.15, 0.2) is 0 Å². The summed E-state index contributed by atoms with van der Waals surface area (Å²) in [6, 6.07) is 7.38. The second-order valence-electron chi connectivity index (χ2n) is 5.04. The van der Waals surface area contributed by atoms with Crippen LogP contribution in [0.2, 0.25) is 5.02 Å². The lowest BCUT2D eigenvalue weighted by Crippen LogP contribution is -2.44. The topological polar surface area (TPSA) is 24.1 Å². The molecule has 1 heterocycles. The lowest BCUT2D eigenvalue weighted by atomic mass is 9.99. The molecule has 0 amide bonds. The molecule has 2 nitrogen and oxygen atoms in total. The van der Waals surface area contributed by atoms with Gasteiger partial charge in [-0.1, -0.05) is 24.1 Å². The third-order valence-electron chi connectivity index (χ3n) is 3.43. The Hall–Kier alpha value is -0.730. The van der Waals surface area contributed by atoms with Crippen LogP contribution in [0.5, 0.6) is 0 Å². The molecule has 17 heavy (non-hydrogen) atoms. The van der Waals surface area contributed by atoms with Gasteiger partial charge >= 0.3 is 0 Å². The molecule has 0 saturated carbocycles. The number of hydrogen-bond donors (Lipinski definition) is 2. The Bertz CT molecular complexity index is 378. The number of benzene rings is 1. The first-order valence-corrected chi connectivity index (χ1v) is 6.79. The smallest absolute Gasteiger partial charge is 0.0455 e. The molecule has 2 N–H and O–H groups in total. The van der Waals surface area contributed by atoms with E-state index in [9.17, 15) is 0 Å². The molecule has 1 aromatic rings. The summed E-state index contributed by atoms with van der Waals surface area (Å²) >= 11 is 6.10. The highest BCUT2D eigenvalue weighted by Gasteiger charge is 2.17. The van der Waals surface area contributed by atoms with Crippen molar-refractivity contribution >= 4 is 17.3 Å². The van der Waals surface area contributed by atoms with Crippen LogP contribution in [0.15, 0.2) is 18.2 Å². The zero-order valence-corrected chi connectivity index (χ0v) is 11.3. The van der Waals surface area contributed by atoms with Crippen LogP contribution < -0.4 is 10.6 Å². The van der Waals surface area contributed by atoms with E-state index in [0.29, 0.717) is 12.1 Å². The van der Waals surface area contributed by atoms with Crippen molar-refractivity contribution in [1.82, 2.24) is 5.32 Å². The highest BCUT2D eigenvalue weighted by Crippen LogP contribution is 2.20. The third-order valence-corrected chi connectivity index (χ3v) is 3.84. The quantitative estimate of drug-likeness (QED) is 0.859. The van der Waals surface area contributed by atoms with E-state index in [1.54, 1.807) is 0 Å². The molecule has 1 aliphatic heterocycles. The van der Waals surface area contributed by atoms with E-state index < -0.39 is 0 Å². The minimum absolute atomic E-state index is 0.582. The van der Waals surface area contributed by atoms with Crippen LogP contribution in [-0.4, -0.2) is 18.6 Å². The van der Waals surface area contributed by atoms with Crippen LogP contribution in [0.3, 0.4) is 0 Å². The van der Waals surface area contributed by atoms with Gasteiger partial charge in [0.25, 0.3) is 0 Å². The van der Waals surface area contributed by atoms with Crippen LogP contribution in [0.4, 0.5) is 5.69 Å². The van der Waals surface area contributed by atoms with Crippen molar-refractivity contribution in [3.8, 4) is 0 Å². The fourth-order valence-electron chi connectivity index (χ4n) is 2.34. The SMILES string of the molecule is Cc1ccc(NCC2CCCC(C)N2)cc1Cl. The van der Waals surface area contributed by atoms with E-state index in [4.69, 9.17) is 11.6 Å². The van der Waals surface area contributed by atoms with Crippen LogP contribution in [0.25, 0.3) is 0 Å². The minimum atomic E-state index is 0.582. The molecule has 2 unspecified atom stereocenters. The van der Waals surface area contributed by atoms with Gasteiger partial charge in [0.2, 0.25) is 0 Å². The highest BCUT2D eigenvalue weighted by molar-refractivity contribution is 6.31. The number of piperidine rings is 1. The molecule has 2 rings (SSSR count). The predicted octanol–water partition coefficient (Wildman–Crippen LogP) is 3.59. The molecule has 1 saturated heterocycles. The highest BCUT2D eigenvalue weighted by atomic mass is 35.5. The van der Waals surface area contributed by atoms with E-state index in [1.165, 1.54) is 19.3 Å². The molecule has 0 radical (unpaired) electrons. The van der Waals surface area contributed by atoms with Gasteiger partial charge < -0.3 is 10.6 Å². The van der Waals surface area contributed by atoms with Crippen LogP contribution in [0.1, 0.15) is 31.7 Å². The van der Waals surface area contributed by atoms with Crippen LogP contribution in [-0.2, 0) is 0 Å².